The Morgan fingerprint density at radius 1 is 1.55 bits per heavy atom. The van der Waals surface area contributed by atoms with Crippen LogP contribution in [0.1, 0.15) is 27.2 Å². The van der Waals surface area contributed by atoms with E-state index < -0.39 is 6.10 Å². The summed E-state index contributed by atoms with van der Waals surface area (Å²) in [4.78, 5) is 0. The van der Waals surface area contributed by atoms with Crippen molar-refractivity contribution < 1.29 is 9.84 Å². The van der Waals surface area contributed by atoms with Crippen molar-refractivity contribution in [3.05, 3.63) is 0 Å². The molecule has 0 heterocycles. The molecule has 0 fully saturated rings. The minimum absolute atomic E-state index is 0.190. The monoisotopic (exact) mass is 161 g/mol. The van der Waals surface area contributed by atoms with Crippen LogP contribution in [0.3, 0.4) is 0 Å². The van der Waals surface area contributed by atoms with Gasteiger partial charge in [-0.3, -0.25) is 0 Å². The zero-order valence-corrected chi connectivity index (χ0v) is 7.79. The van der Waals surface area contributed by atoms with Gasteiger partial charge >= 0.3 is 0 Å². The Kier molecular flexibility index (Phi) is 4.00. The molecule has 0 aromatic carbocycles. The van der Waals surface area contributed by atoms with Gasteiger partial charge in [0.25, 0.3) is 0 Å². The maximum Gasteiger partial charge on any atom is 0.0715 e. The van der Waals surface area contributed by atoms with Crippen LogP contribution in [0.5, 0.6) is 0 Å². The molecule has 2 atom stereocenters. The van der Waals surface area contributed by atoms with Crippen molar-refractivity contribution in [2.45, 2.75) is 44.9 Å². The molecule has 0 saturated heterocycles. The molecule has 0 aromatic rings. The second kappa shape index (κ2) is 4.04. The van der Waals surface area contributed by atoms with E-state index in [0.29, 0.717) is 6.42 Å². The van der Waals surface area contributed by atoms with E-state index in [-0.39, 0.29) is 11.6 Å². The second-order valence-corrected chi connectivity index (χ2v) is 3.59. The topological polar surface area (TPSA) is 55.5 Å². The number of aliphatic hydroxyl groups excluding tert-OH is 1. The average molecular weight is 161 g/mol. The van der Waals surface area contributed by atoms with Gasteiger partial charge in [0.1, 0.15) is 0 Å². The van der Waals surface area contributed by atoms with Crippen molar-refractivity contribution in [1.82, 2.24) is 0 Å². The summed E-state index contributed by atoms with van der Waals surface area (Å²) in [5.74, 6) is 0. The van der Waals surface area contributed by atoms with Crippen molar-refractivity contribution in [3.8, 4) is 0 Å². The fourth-order valence-corrected chi connectivity index (χ4v) is 0.773. The number of aliphatic hydroxyl groups is 1. The highest BCUT2D eigenvalue weighted by Crippen LogP contribution is 2.16. The fourth-order valence-electron chi connectivity index (χ4n) is 0.773. The molecule has 0 saturated carbocycles. The maximum atomic E-state index is 9.39. The molecule has 0 spiro atoms. The lowest BCUT2D eigenvalue weighted by Crippen LogP contribution is -2.38. The molecule has 3 N–H and O–H groups in total. The number of nitrogens with two attached hydrogens (primary N) is 1. The van der Waals surface area contributed by atoms with Gasteiger partial charge in [0, 0.05) is 19.6 Å². The first-order chi connectivity index (χ1) is 4.89. The summed E-state index contributed by atoms with van der Waals surface area (Å²) in [6, 6.07) is -0.190. The van der Waals surface area contributed by atoms with Crippen LogP contribution in [0.15, 0.2) is 0 Å². The SMILES string of the molecule is COC(C)(C)CC(O)C(C)N. The van der Waals surface area contributed by atoms with E-state index in [2.05, 4.69) is 0 Å². The number of methoxy groups -OCH3 is 1. The highest BCUT2D eigenvalue weighted by Gasteiger charge is 2.23. The molecule has 0 radical (unpaired) electrons. The summed E-state index contributed by atoms with van der Waals surface area (Å²) < 4.78 is 5.14. The van der Waals surface area contributed by atoms with E-state index in [1.54, 1.807) is 14.0 Å². The van der Waals surface area contributed by atoms with Crippen molar-refractivity contribution >= 4 is 0 Å². The first kappa shape index (κ1) is 10.9. The van der Waals surface area contributed by atoms with Crippen molar-refractivity contribution in [2.75, 3.05) is 7.11 Å². The molecule has 11 heavy (non-hydrogen) atoms. The summed E-state index contributed by atoms with van der Waals surface area (Å²) in [7, 11) is 1.63. The van der Waals surface area contributed by atoms with Gasteiger partial charge in [-0.05, 0) is 20.8 Å². The molecular weight excluding hydrogens is 142 g/mol. The van der Waals surface area contributed by atoms with Crippen molar-refractivity contribution in [2.24, 2.45) is 5.73 Å². The first-order valence-electron chi connectivity index (χ1n) is 3.88. The van der Waals surface area contributed by atoms with Crippen LogP contribution in [-0.4, -0.2) is 30.0 Å². The minimum atomic E-state index is -0.482. The lowest BCUT2D eigenvalue weighted by atomic mass is 9.97. The average Bonchev–Trinajstić information content (AvgIpc) is 1.87. The quantitative estimate of drug-likeness (QED) is 0.631. The zero-order valence-electron chi connectivity index (χ0n) is 7.79. The normalized spacial score (nSPS) is 18.0. The lowest BCUT2D eigenvalue weighted by Gasteiger charge is -2.27. The summed E-state index contributed by atoms with van der Waals surface area (Å²) in [5, 5.41) is 9.39. The largest absolute Gasteiger partial charge is 0.391 e. The molecule has 0 amide bonds. The Morgan fingerprint density at radius 3 is 2.27 bits per heavy atom. The predicted octanol–water partition coefficient (Wildman–Crippen LogP) is 0.510. The third kappa shape index (κ3) is 4.35. The van der Waals surface area contributed by atoms with E-state index in [1.165, 1.54) is 0 Å². The highest BCUT2D eigenvalue weighted by molar-refractivity contribution is 4.77. The van der Waals surface area contributed by atoms with Crippen LogP contribution >= 0.6 is 0 Å². The summed E-state index contributed by atoms with van der Waals surface area (Å²) >= 11 is 0. The molecule has 2 unspecified atom stereocenters. The van der Waals surface area contributed by atoms with Crippen molar-refractivity contribution in [3.63, 3.8) is 0 Å². The Labute approximate surface area is 68.5 Å². The van der Waals surface area contributed by atoms with Gasteiger partial charge in [-0.2, -0.15) is 0 Å². The fraction of sp³-hybridized carbons (Fsp3) is 1.00. The van der Waals surface area contributed by atoms with Crippen LogP contribution in [0.4, 0.5) is 0 Å². The van der Waals surface area contributed by atoms with Gasteiger partial charge < -0.3 is 15.6 Å². The van der Waals surface area contributed by atoms with Gasteiger partial charge in [-0.15, -0.1) is 0 Å². The summed E-state index contributed by atoms with van der Waals surface area (Å²) in [5.41, 5.74) is 5.21. The van der Waals surface area contributed by atoms with Crippen LogP contribution < -0.4 is 5.73 Å². The molecule has 68 valence electrons. The molecule has 0 aromatic heterocycles. The predicted molar refractivity (Wildman–Crippen MR) is 45.4 cm³/mol. The molecule has 0 aliphatic rings. The molecule has 3 heteroatoms. The molecule has 0 rings (SSSR count). The number of rotatable bonds is 4. The first-order valence-corrected chi connectivity index (χ1v) is 3.88. The molecule has 0 aliphatic carbocycles. The van der Waals surface area contributed by atoms with Crippen LogP contribution in [0, 0.1) is 0 Å². The van der Waals surface area contributed by atoms with Crippen LogP contribution in [0.2, 0.25) is 0 Å². The van der Waals surface area contributed by atoms with E-state index in [1.807, 2.05) is 13.8 Å². The second-order valence-electron chi connectivity index (χ2n) is 3.59. The van der Waals surface area contributed by atoms with Crippen LogP contribution in [-0.2, 0) is 4.74 Å². The third-order valence-electron chi connectivity index (χ3n) is 1.86. The number of hydrogen-bond donors (Lipinski definition) is 2. The standard InChI is InChI=1S/C8H19NO2/c1-6(9)7(10)5-8(2,3)11-4/h6-7,10H,5,9H2,1-4H3. The molecule has 0 aliphatic heterocycles. The summed E-state index contributed by atoms with van der Waals surface area (Å²) in [6.07, 6.45) is 0.0891. The third-order valence-corrected chi connectivity index (χ3v) is 1.86. The number of ether oxygens (including phenoxy) is 1. The van der Waals surface area contributed by atoms with Crippen LogP contribution in [0.25, 0.3) is 0 Å². The Bertz CT molecular complexity index is 113. The summed E-state index contributed by atoms with van der Waals surface area (Å²) in [6.45, 7) is 5.65. The Hall–Kier alpha value is -0.120. The minimum Gasteiger partial charge on any atom is -0.391 e. The highest BCUT2D eigenvalue weighted by atomic mass is 16.5. The van der Waals surface area contributed by atoms with E-state index >= 15 is 0 Å². The van der Waals surface area contributed by atoms with E-state index in [9.17, 15) is 5.11 Å². The zero-order chi connectivity index (χ0) is 9.07. The lowest BCUT2D eigenvalue weighted by molar-refractivity contribution is -0.0237. The van der Waals surface area contributed by atoms with Gasteiger partial charge in [0.2, 0.25) is 0 Å². The van der Waals surface area contributed by atoms with Crippen molar-refractivity contribution in [1.29, 1.82) is 0 Å². The Balaban J connectivity index is 3.83. The van der Waals surface area contributed by atoms with Gasteiger partial charge in [0.05, 0.1) is 11.7 Å². The van der Waals surface area contributed by atoms with E-state index in [0.717, 1.165) is 0 Å². The van der Waals surface area contributed by atoms with Gasteiger partial charge in [0.15, 0.2) is 0 Å². The van der Waals surface area contributed by atoms with Gasteiger partial charge in [-0.25, -0.2) is 0 Å². The molecule has 3 nitrogen and oxygen atoms in total. The molecular formula is C8H19NO2. The Morgan fingerprint density at radius 2 is 2.00 bits per heavy atom. The molecule has 0 bridgehead atoms. The van der Waals surface area contributed by atoms with E-state index in [4.69, 9.17) is 10.5 Å². The van der Waals surface area contributed by atoms with Gasteiger partial charge in [-0.1, -0.05) is 0 Å². The smallest absolute Gasteiger partial charge is 0.0715 e. The number of hydrogen-bond acceptors (Lipinski definition) is 3. The maximum absolute atomic E-state index is 9.39.